The number of rotatable bonds is 7. The molecule has 2 atom stereocenters. The third-order valence-corrected chi connectivity index (χ3v) is 4.15. The Balaban J connectivity index is 2.97. The van der Waals surface area contributed by atoms with Crippen molar-refractivity contribution >= 4 is 0 Å². The molecular formula is C19H33NO2. The molecule has 22 heavy (non-hydrogen) atoms. The smallest absolute Gasteiger partial charge is 0.125 e. The van der Waals surface area contributed by atoms with E-state index in [0.29, 0.717) is 6.42 Å². The molecule has 1 aromatic carbocycles. The van der Waals surface area contributed by atoms with Crippen LogP contribution in [0.15, 0.2) is 12.1 Å². The van der Waals surface area contributed by atoms with Crippen molar-refractivity contribution in [2.24, 2.45) is 5.73 Å². The van der Waals surface area contributed by atoms with Crippen molar-refractivity contribution in [3.8, 4) is 5.75 Å². The van der Waals surface area contributed by atoms with Gasteiger partial charge in [-0.2, -0.15) is 0 Å². The topological polar surface area (TPSA) is 55.5 Å². The second kappa shape index (κ2) is 7.98. The third kappa shape index (κ3) is 4.99. The second-order valence-corrected chi connectivity index (χ2v) is 7.31. The zero-order valence-electron chi connectivity index (χ0n) is 15.1. The molecule has 0 radical (unpaired) electrons. The quantitative estimate of drug-likeness (QED) is 0.807. The van der Waals surface area contributed by atoms with Crippen molar-refractivity contribution in [3.05, 3.63) is 28.8 Å². The van der Waals surface area contributed by atoms with Crippen molar-refractivity contribution < 1.29 is 9.84 Å². The highest BCUT2D eigenvalue weighted by molar-refractivity contribution is 5.48. The van der Waals surface area contributed by atoms with Gasteiger partial charge in [0.1, 0.15) is 5.75 Å². The van der Waals surface area contributed by atoms with Crippen molar-refractivity contribution in [2.45, 2.75) is 77.9 Å². The number of nitrogens with two attached hydrogens (primary N) is 1. The van der Waals surface area contributed by atoms with Gasteiger partial charge in [-0.15, -0.1) is 0 Å². The molecule has 0 saturated heterocycles. The van der Waals surface area contributed by atoms with Crippen LogP contribution in [0.25, 0.3) is 0 Å². The maximum absolute atomic E-state index is 10.2. The van der Waals surface area contributed by atoms with Gasteiger partial charge in [-0.05, 0) is 37.2 Å². The minimum absolute atomic E-state index is 0.0311. The van der Waals surface area contributed by atoms with Crippen LogP contribution < -0.4 is 10.5 Å². The van der Waals surface area contributed by atoms with Crippen molar-refractivity contribution in [3.63, 3.8) is 0 Å². The highest BCUT2D eigenvalue weighted by atomic mass is 16.5. The van der Waals surface area contributed by atoms with Crippen LogP contribution in [0.3, 0.4) is 0 Å². The van der Waals surface area contributed by atoms with Gasteiger partial charge < -0.3 is 15.6 Å². The lowest BCUT2D eigenvalue weighted by Gasteiger charge is -2.25. The van der Waals surface area contributed by atoms with Gasteiger partial charge in [-0.3, -0.25) is 0 Å². The monoisotopic (exact) mass is 307 g/mol. The first kappa shape index (κ1) is 19.0. The summed E-state index contributed by atoms with van der Waals surface area (Å²) in [5.41, 5.74) is 9.65. The number of hydrogen-bond acceptors (Lipinski definition) is 3. The average Bonchev–Trinajstić information content (AvgIpc) is 2.43. The molecule has 2 unspecified atom stereocenters. The van der Waals surface area contributed by atoms with Crippen LogP contribution >= 0.6 is 0 Å². The molecule has 0 aliphatic heterocycles. The zero-order chi connectivity index (χ0) is 16.9. The molecule has 3 heteroatoms. The first-order chi connectivity index (χ1) is 10.2. The SMILES string of the molecule is CCCC(N)C(O)CCc1cc(C)cc(C(C)(C)C)c1OC. The van der Waals surface area contributed by atoms with Gasteiger partial charge in [0.05, 0.1) is 13.2 Å². The number of aryl methyl sites for hydroxylation is 2. The van der Waals surface area contributed by atoms with Crippen LogP contribution in [0.5, 0.6) is 5.75 Å². The second-order valence-electron chi connectivity index (χ2n) is 7.31. The fourth-order valence-corrected chi connectivity index (χ4v) is 2.88. The van der Waals surface area contributed by atoms with E-state index in [1.165, 1.54) is 11.1 Å². The molecule has 0 saturated carbocycles. The number of aliphatic hydroxyl groups is 1. The van der Waals surface area contributed by atoms with Crippen LogP contribution in [0, 0.1) is 6.92 Å². The first-order valence-corrected chi connectivity index (χ1v) is 8.32. The van der Waals surface area contributed by atoms with E-state index >= 15 is 0 Å². The summed E-state index contributed by atoms with van der Waals surface area (Å²) in [6, 6.07) is 4.22. The molecule has 3 N–H and O–H groups in total. The van der Waals surface area contributed by atoms with E-state index < -0.39 is 6.10 Å². The molecule has 3 nitrogen and oxygen atoms in total. The summed E-state index contributed by atoms with van der Waals surface area (Å²) in [6.45, 7) is 10.8. The highest BCUT2D eigenvalue weighted by Crippen LogP contribution is 2.35. The van der Waals surface area contributed by atoms with Crippen LogP contribution in [-0.4, -0.2) is 24.4 Å². The van der Waals surface area contributed by atoms with Crippen LogP contribution in [0.4, 0.5) is 0 Å². The fourth-order valence-electron chi connectivity index (χ4n) is 2.88. The van der Waals surface area contributed by atoms with Gasteiger partial charge in [-0.25, -0.2) is 0 Å². The van der Waals surface area contributed by atoms with Gasteiger partial charge in [0.15, 0.2) is 0 Å². The summed E-state index contributed by atoms with van der Waals surface area (Å²) in [6.07, 6.45) is 2.86. The van der Waals surface area contributed by atoms with E-state index in [4.69, 9.17) is 10.5 Å². The van der Waals surface area contributed by atoms with E-state index in [2.05, 4.69) is 46.8 Å². The molecule has 0 heterocycles. The van der Waals surface area contributed by atoms with E-state index in [-0.39, 0.29) is 11.5 Å². The molecule has 0 aliphatic carbocycles. The Bertz CT molecular complexity index is 477. The van der Waals surface area contributed by atoms with E-state index in [9.17, 15) is 5.11 Å². The van der Waals surface area contributed by atoms with Crippen LogP contribution in [0.2, 0.25) is 0 Å². The zero-order valence-corrected chi connectivity index (χ0v) is 15.1. The number of benzene rings is 1. The minimum Gasteiger partial charge on any atom is -0.496 e. The molecule has 0 spiro atoms. The summed E-state index contributed by atoms with van der Waals surface area (Å²) in [5.74, 6) is 0.953. The number of aliphatic hydroxyl groups excluding tert-OH is 1. The summed E-state index contributed by atoms with van der Waals surface area (Å²) in [4.78, 5) is 0. The van der Waals surface area contributed by atoms with Crippen molar-refractivity contribution in [2.75, 3.05) is 7.11 Å². The van der Waals surface area contributed by atoms with Crippen molar-refractivity contribution in [1.29, 1.82) is 0 Å². The lowest BCUT2D eigenvalue weighted by Crippen LogP contribution is -2.34. The number of methoxy groups -OCH3 is 1. The number of ether oxygens (including phenoxy) is 1. The van der Waals surface area contributed by atoms with Gasteiger partial charge in [0.25, 0.3) is 0 Å². The Morgan fingerprint density at radius 3 is 2.36 bits per heavy atom. The van der Waals surface area contributed by atoms with E-state index in [0.717, 1.165) is 30.6 Å². The standard InChI is InChI=1S/C19H33NO2/c1-7-8-16(20)17(21)10-9-14-11-13(2)12-15(18(14)22-6)19(3,4)5/h11-12,16-17,21H,7-10,20H2,1-6H3. The Morgan fingerprint density at radius 1 is 1.23 bits per heavy atom. The summed E-state index contributed by atoms with van der Waals surface area (Å²) < 4.78 is 5.69. The number of hydrogen-bond donors (Lipinski definition) is 2. The average molecular weight is 307 g/mol. The largest absolute Gasteiger partial charge is 0.496 e. The van der Waals surface area contributed by atoms with E-state index in [1.54, 1.807) is 7.11 Å². The highest BCUT2D eigenvalue weighted by Gasteiger charge is 2.22. The van der Waals surface area contributed by atoms with Gasteiger partial charge >= 0.3 is 0 Å². The maximum Gasteiger partial charge on any atom is 0.125 e. The molecule has 0 amide bonds. The molecule has 1 aromatic rings. The molecule has 0 fully saturated rings. The van der Waals surface area contributed by atoms with E-state index in [1.807, 2.05) is 0 Å². The Morgan fingerprint density at radius 2 is 1.86 bits per heavy atom. The Labute approximate surface area is 135 Å². The van der Waals surface area contributed by atoms with Crippen LogP contribution in [-0.2, 0) is 11.8 Å². The predicted molar refractivity (Wildman–Crippen MR) is 93.6 cm³/mol. The van der Waals surface area contributed by atoms with Gasteiger partial charge in [0.2, 0.25) is 0 Å². The van der Waals surface area contributed by atoms with Gasteiger partial charge in [-0.1, -0.05) is 51.8 Å². The Kier molecular flexibility index (Phi) is 6.89. The molecule has 0 bridgehead atoms. The third-order valence-electron chi connectivity index (χ3n) is 4.15. The molecule has 126 valence electrons. The normalized spacial score (nSPS) is 14.7. The summed E-state index contributed by atoms with van der Waals surface area (Å²) in [7, 11) is 1.72. The minimum atomic E-state index is -0.455. The predicted octanol–water partition coefficient (Wildman–Crippen LogP) is 3.72. The molecule has 1 rings (SSSR count). The molecule has 0 aromatic heterocycles. The lowest BCUT2D eigenvalue weighted by molar-refractivity contribution is 0.130. The van der Waals surface area contributed by atoms with Crippen molar-refractivity contribution in [1.82, 2.24) is 0 Å². The van der Waals surface area contributed by atoms with Gasteiger partial charge in [0, 0.05) is 11.6 Å². The fraction of sp³-hybridized carbons (Fsp3) is 0.684. The molecule has 0 aliphatic rings. The lowest BCUT2D eigenvalue weighted by atomic mass is 9.83. The summed E-state index contributed by atoms with van der Waals surface area (Å²) >= 11 is 0. The Hall–Kier alpha value is -1.06. The maximum atomic E-state index is 10.2. The summed E-state index contributed by atoms with van der Waals surface area (Å²) in [5, 5.41) is 10.2. The first-order valence-electron chi connectivity index (χ1n) is 8.32. The molecular weight excluding hydrogens is 274 g/mol. The van der Waals surface area contributed by atoms with Crippen LogP contribution in [0.1, 0.15) is 63.6 Å².